The summed E-state index contributed by atoms with van der Waals surface area (Å²) < 4.78 is 0. The molecule has 64 valence electrons. The van der Waals surface area contributed by atoms with Crippen molar-refractivity contribution < 1.29 is 5.73 Å². The van der Waals surface area contributed by atoms with Gasteiger partial charge in [0.25, 0.3) is 0 Å². The Kier molecular flexibility index (Phi) is 1.26. The van der Waals surface area contributed by atoms with Gasteiger partial charge in [-0.25, -0.2) is 0 Å². The van der Waals surface area contributed by atoms with Crippen LogP contribution in [0.25, 0.3) is 0 Å². The first kappa shape index (κ1) is 7.60. The van der Waals surface area contributed by atoms with Gasteiger partial charge < -0.3 is 5.73 Å². The van der Waals surface area contributed by atoms with E-state index in [4.69, 9.17) is 0 Å². The molecule has 0 heterocycles. The van der Waals surface area contributed by atoms with Crippen LogP contribution in [0, 0.1) is 16.7 Å². The lowest BCUT2D eigenvalue weighted by Gasteiger charge is -2.35. The molecule has 2 saturated carbocycles. The highest BCUT2D eigenvalue weighted by molar-refractivity contribution is 5.09. The monoisotopic (exact) mass is 154 g/mol. The van der Waals surface area contributed by atoms with E-state index in [-0.39, 0.29) is 0 Å². The molecule has 2 rings (SSSR count). The molecule has 2 aliphatic rings. The zero-order valence-corrected chi connectivity index (χ0v) is 7.98. The lowest BCUT2D eigenvalue weighted by Crippen LogP contribution is -2.67. The average molecular weight is 154 g/mol. The van der Waals surface area contributed by atoms with Crippen LogP contribution >= 0.6 is 0 Å². The lowest BCUT2D eigenvalue weighted by atomic mass is 9.69. The molecule has 0 amide bonds. The fraction of sp³-hybridized carbons (Fsp3) is 1.00. The van der Waals surface area contributed by atoms with Gasteiger partial charge in [0, 0.05) is 11.8 Å². The van der Waals surface area contributed by atoms with Crippen LogP contribution in [0.4, 0.5) is 0 Å². The third-order valence-electron chi connectivity index (χ3n) is 4.97. The van der Waals surface area contributed by atoms with Crippen molar-refractivity contribution in [1.29, 1.82) is 0 Å². The summed E-state index contributed by atoms with van der Waals surface area (Å²) in [7, 11) is 0. The summed E-state index contributed by atoms with van der Waals surface area (Å²) >= 11 is 0. The molecule has 0 aromatic rings. The predicted molar refractivity (Wildman–Crippen MR) is 45.9 cm³/mol. The van der Waals surface area contributed by atoms with Crippen LogP contribution in [-0.4, -0.2) is 6.04 Å². The van der Waals surface area contributed by atoms with Gasteiger partial charge in [0.05, 0.1) is 6.04 Å². The zero-order chi connectivity index (χ0) is 8.28. The quantitative estimate of drug-likeness (QED) is 0.547. The Hall–Kier alpha value is -0.0400. The third kappa shape index (κ3) is 0.658. The molecule has 1 nitrogen and oxygen atoms in total. The normalized spacial score (nSPS) is 53.5. The maximum atomic E-state index is 4.29. The first-order valence-corrected chi connectivity index (χ1v) is 4.81. The number of hydrogen-bond donors (Lipinski definition) is 1. The molecular weight excluding hydrogens is 134 g/mol. The summed E-state index contributed by atoms with van der Waals surface area (Å²) in [5.41, 5.74) is 5.41. The van der Waals surface area contributed by atoms with E-state index in [1.165, 1.54) is 19.3 Å². The Morgan fingerprint density at radius 2 is 1.91 bits per heavy atom. The highest BCUT2D eigenvalue weighted by Crippen LogP contribution is 2.64. The molecule has 0 aromatic heterocycles. The number of rotatable bonds is 0. The minimum atomic E-state index is 0.553. The van der Waals surface area contributed by atoms with E-state index >= 15 is 0 Å². The van der Waals surface area contributed by atoms with Gasteiger partial charge in [-0.15, -0.1) is 0 Å². The van der Waals surface area contributed by atoms with Gasteiger partial charge in [-0.05, 0) is 24.2 Å². The first-order chi connectivity index (χ1) is 4.98. The summed E-state index contributed by atoms with van der Waals surface area (Å²) in [4.78, 5) is 0. The molecule has 0 aromatic carbocycles. The van der Waals surface area contributed by atoms with E-state index in [9.17, 15) is 0 Å². The Balaban J connectivity index is 2.40. The molecule has 3 N–H and O–H groups in total. The van der Waals surface area contributed by atoms with Crippen LogP contribution in [0.5, 0.6) is 0 Å². The average Bonchev–Trinajstić information content (AvgIpc) is 2.20. The summed E-state index contributed by atoms with van der Waals surface area (Å²) in [5, 5.41) is 0. The van der Waals surface area contributed by atoms with Crippen LogP contribution in [-0.2, 0) is 0 Å². The van der Waals surface area contributed by atoms with E-state index in [1.807, 2.05) is 0 Å². The van der Waals surface area contributed by atoms with Crippen LogP contribution in [0.2, 0.25) is 0 Å². The van der Waals surface area contributed by atoms with E-state index in [0.717, 1.165) is 12.0 Å². The molecule has 2 fully saturated rings. The van der Waals surface area contributed by atoms with Gasteiger partial charge >= 0.3 is 0 Å². The molecule has 2 aliphatic carbocycles. The van der Waals surface area contributed by atoms with Crippen molar-refractivity contribution in [3.8, 4) is 0 Å². The molecule has 2 bridgehead atoms. The van der Waals surface area contributed by atoms with Crippen LogP contribution < -0.4 is 5.73 Å². The second kappa shape index (κ2) is 1.82. The first-order valence-electron chi connectivity index (χ1n) is 4.81. The van der Waals surface area contributed by atoms with E-state index < -0.39 is 0 Å². The lowest BCUT2D eigenvalue weighted by molar-refractivity contribution is -0.446. The van der Waals surface area contributed by atoms with Gasteiger partial charge in [0.1, 0.15) is 0 Å². The summed E-state index contributed by atoms with van der Waals surface area (Å²) in [6, 6.07) is 0.719. The number of quaternary nitrogens is 1. The van der Waals surface area contributed by atoms with Crippen LogP contribution in [0.1, 0.15) is 40.0 Å². The summed E-state index contributed by atoms with van der Waals surface area (Å²) in [5.74, 6) is 0.968. The van der Waals surface area contributed by atoms with Gasteiger partial charge in [-0.2, -0.15) is 0 Å². The molecule has 3 atom stereocenters. The minimum Gasteiger partial charge on any atom is -0.355 e. The Morgan fingerprint density at radius 3 is 2.09 bits per heavy atom. The van der Waals surface area contributed by atoms with Crippen molar-refractivity contribution in [2.24, 2.45) is 16.7 Å². The van der Waals surface area contributed by atoms with Gasteiger partial charge in [0.15, 0.2) is 0 Å². The second-order valence-corrected chi connectivity index (χ2v) is 5.31. The van der Waals surface area contributed by atoms with Crippen LogP contribution in [0.15, 0.2) is 0 Å². The summed E-state index contributed by atoms with van der Waals surface area (Å²) in [6.45, 7) is 7.32. The van der Waals surface area contributed by atoms with E-state index in [1.54, 1.807) is 0 Å². The highest BCUT2D eigenvalue weighted by atomic mass is 14.8. The second-order valence-electron chi connectivity index (χ2n) is 5.31. The minimum absolute atomic E-state index is 0.553. The fourth-order valence-corrected chi connectivity index (χ4v) is 3.37. The van der Waals surface area contributed by atoms with Crippen LogP contribution in [0.3, 0.4) is 0 Å². The molecule has 0 aliphatic heterocycles. The highest BCUT2D eigenvalue weighted by Gasteiger charge is 2.62. The topological polar surface area (TPSA) is 27.6 Å². The molecule has 0 unspecified atom stereocenters. The van der Waals surface area contributed by atoms with Gasteiger partial charge in [-0.1, -0.05) is 20.8 Å². The maximum Gasteiger partial charge on any atom is 0.0905 e. The molecule has 11 heavy (non-hydrogen) atoms. The van der Waals surface area contributed by atoms with Crippen molar-refractivity contribution in [2.75, 3.05) is 0 Å². The van der Waals surface area contributed by atoms with E-state index in [0.29, 0.717) is 10.8 Å². The standard InChI is InChI=1S/C10H19N/c1-9(2)7-4-5-10(9,3)8(11)6-7/h7-8H,4-6,11H2,1-3H3/p+1/t7-,8-,10-/m1/s1. The molecule has 0 spiro atoms. The number of fused-ring (bicyclic) bond motifs is 2. The Morgan fingerprint density at radius 1 is 1.27 bits per heavy atom. The van der Waals surface area contributed by atoms with E-state index in [2.05, 4.69) is 26.5 Å². The number of hydrogen-bond acceptors (Lipinski definition) is 0. The van der Waals surface area contributed by atoms with Gasteiger partial charge in [0.2, 0.25) is 0 Å². The van der Waals surface area contributed by atoms with Crippen molar-refractivity contribution in [3.63, 3.8) is 0 Å². The maximum absolute atomic E-state index is 4.29. The summed E-state index contributed by atoms with van der Waals surface area (Å²) in [6.07, 6.45) is 4.25. The Bertz CT molecular complexity index is 185. The van der Waals surface area contributed by atoms with Crippen molar-refractivity contribution in [2.45, 2.75) is 46.1 Å². The van der Waals surface area contributed by atoms with Crippen molar-refractivity contribution in [1.82, 2.24) is 0 Å². The molecular formula is C10H20N+. The predicted octanol–water partition coefficient (Wildman–Crippen LogP) is 1.44. The molecule has 1 heteroatoms. The molecule has 0 saturated heterocycles. The Labute approximate surface area is 69.4 Å². The van der Waals surface area contributed by atoms with Crippen molar-refractivity contribution >= 4 is 0 Å². The van der Waals surface area contributed by atoms with Crippen molar-refractivity contribution in [3.05, 3.63) is 0 Å². The fourth-order valence-electron chi connectivity index (χ4n) is 3.37. The zero-order valence-electron chi connectivity index (χ0n) is 7.98. The van der Waals surface area contributed by atoms with Gasteiger partial charge in [-0.3, -0.25) is 0 Å². The largest absolute Gasteiger partial charge is 0.355 e. The smallest absolute Gasteiger partial charge is 0.0905 e. The molecule has 0 radical (unpaired) electrons. The SMILES string of the molecule is CC1(C)[C@@H]2CC[C@]1(C)[C@H]([NH3+])C2. The third-order valence-corrected chi connectivity index (χ3v) is 4.97.